The highest BCUT2D eigenvalue weighted by Crippen LogP contribution is 2.67. The summed E-state index contributed by atoms with van der Waals surface area (Å²) in [7, 11) is 0. The Balaban J connectivity index is 1.27. The van der Waals surface area contributed by atoms with Crippen LogP contribution in [0.25, 0.3) is 0 Å². The Morgan fingerprint density at radius 2 is 1.91 bits per heavy atom. The van der Waals surface area contributed by atoms with E-state index in [4.69, 9.17) is 5.73 Å². The van der Waals surface area contributed by atoms with Crippen molar-refractivity contribution in [2.24, 2.45) is 46.3 Å². The van der Waals surface area contributed by atoms with E-state index in [1.807, 2.05) is 11.8 Å². The van der Waals surface area contributed by atoms with Gasteiger partial charge in [-0.3, -0.25) is 0 Å². The number of nitrogen functional groups attached to an aromatic ring is 1. The Hall–Kier alpha value is -0.970. The molecule has 0 radical (unpaired) electrons. The lowest BCUT2D eigenvalue weighted by Crippen LogP contribution is -2.50. The van der Waals surface area contributed by atoms with Crippen molar-refractivity contribution >= 4 is 17.7 Å². The van der Waals surface area contributed by atoms with E-state index >= 15 is 0 Å². The Kier molecular flexibility index (Phi) is 6.89. The predicted octanol–water partition coefficient (Wildman–Crippen LogP) is 7.89. The van der Waals surface area contributed by atoms with Crippen LogP contribution in [-0.4, -0.2) is 20.4 Å². The number of hydrogen-bond donors (Lipinski definition) is 2. The Labute approximate surface area is 212 Å². The first-order chi connectivity index (χ1) is 16.2. The highest BCUT2D eigenvalue weighted by atomic mass is 32.2. The van der Waals surface area contributed by atoms with E-state index < -0.39 is 0 Å². The average Bonchev–Trinajstić information content (AvgIpc) is 3.35. The van der Waals surface area contributed by atoms with Crippen molar-refractivity contribution in [2.75, 3.05) is 5.73 Å². The molecule has 3 fully saturated rings. The maximum Gasteiger partial charge on any atom is 0.216 e. The van der Waals surface area contributed by atoms with Crippen molar-refractivity contribution in [1.29, 1.82) is 0 Å². The van der Waals surface area contributed by atoms with Crippen LogP contribution >= 0.6 is 11.8 Å². The normalized spacial score (nSPS) is 40.4. The molecule has 0 bridgehead atoms. The van der Waals surface area contributed by atoms with Gasteiger partial charge in [-0.25, -0.2) is 5.10 Å². The Morgan fingerprint density at radius 1 is 1.09 bits per heavy atom. The zero-order valence-electron chi connectivity index (χ0n) is 22.3. The lowest BCUT2D eigenvalue weighted by Gasteiger charge is -2.58. The number of allylic oxidation sites excluding steroid dienone is 2. The van der Waals surface area contributed by atoms with Crippen LogP contribution < -0.4 is 5.73 Å². The van der Waals surface area contributed by atoms with Crippen molar-refractivity contribution in [3.63, 3.8) is 0 Å². The van der Waals surface area contributed by atoms with Gasteiger partial charge in [0, 0.05) is 5.25 Å². The van der Waals surface area contributed by atoms with Gasteiger partial charge >= 0.3 is 0 Å². The number of nitrogens with zero attached hydrogens (tertiary/aromatic N) is 2. The van der Waals surface area contributed by atoms with Gasteiger partial charge < -0.3 is 5.73 Å². The molecule has 4 aliphatic rings. The number of aromatic amines is 1. The molecule has 190 valence electrons. The average molecular weight is 485 g/mol. The Morgan fingerprint density at radius 3 is 2.65 bits per heavy atom. The van der Waals surface area contributed by atoms with E-state index in [1.165, 1.54) is 70.6 Å². The first-order valence-corrected chi connectivity index (χ1v) is 15.1. The highest BCUT2D eigenvalue weighted by molar-refractivity contribution is 7.99. The second-order valence-corrected chi connectivity index (χ2v) is 14.5. The Bertz CT molecular complexity index is 892. The number of nitrogens with two attached hydrogens (primary N) is 1. The fourth-order valence-corrected chi connectivity index (χ4v) is 10.3. The summed E-state index contributed by atoms with van der Waals surface area (Å²) >= 11 is 1.82. The number of anilines is 1. The molecule has 3 saturated carbocycles. The molecule has 5 heteroatoms. The molecule has 34 heavy (non-hydrogen) atoms. The summed E-state index contributed by atoms with van der Waals surface area (Å²) in [5.41, 5.74) is 8.50. The maximum absolute atomic E-state index is 5.75. The van der Waals surface area contributed by atoms with Gasteiger partial charge in [-0.05, 0) is 97.7 Å². The van der Waals surface area contributed by atoms with Crippen LogP contribution in [0.15, 0.2) is 16.8 Å². The number of thioether (sulfide) groups is 1. The minimum Gasteiger partial charge on any atom is -0.368 e. The molecule has 4 nitrogen and oxygen atoms in total. The zero-order valence-corrected chi connectivity index (χ0v) is 23.1. The van der Waals surface area contributed by atoms with Gasteiger partial charge in [0.15, 0.2) is 0 Å². The van der Waals surface area contributed by atoms with Gasteiger partial charge in [-0.2, -0.15) is 4.98 Å². The molecule has 8 atom stereocenters. The summed E-state index contributed by atoms with van der Waals surface area (Å²) in [6.07, 6.45) is 18.0. The molecule has 0 saturated heterocycles. The van der Waals surface area contributed by atoms with Gasteiger partial charge in [0.05, 0.1) is 0 Å². The minimum atomic E-state index is 0.417. The van der Waals surface area contributed by atoms with Crippen molar-refractivity contribution in [3.8, 4) is 0 Å². The van der Waals surface area contributed by atoms with Gasteiger partial charge in [0.1, 0.15) is 0 Å². The van der Waals surface area contributed by atoms with Crippen LogP contribution in [0.5, 0.6) is 0 Å². The van der Waals surface area contributed by atoms with E-state index in [0.717, 1.165) is 40.7 Å². The van der Waals surface area contributed by atoms with E-state index in [-0.39, 0.29) is 0 Å². The monoisotopic (exact) mass is 484 g/mol. The molecule has 1 aromatic rings. The van der Waals surface area contributed by atoms with Gasteiger partial charge in [0.25, 0.3) is 0 Å². The van der Waals surface area contributed by atoms with Crippen molar-refractivity contribution in [1.82, 2.24) is 15.2 Å². The summed E-state index contributed by atoms with van der Waals surface area (Å²) in [6.45, 7) is 12.7. The van der Waals surface area contributed by atoms with Crippen LogP contribution in [-0.2, 0) is 0 Å². The molecule has 1 aromatic heterocycles. The molecule has 0 amide bonds. The number of fused-ring (bicyclic) bond motifs is 5. The highest BCUT2D eigenvalue weighted by Gasteiger charge is 2.59. The second kappa shape index (κ2) is 9.48. The van der Waals surface area contributed by atoms with Crippen LogP contribution in [0.3, 0.4) is 0 Å². The third-order valence-corrected chi connectivity index (χ3v) is 12.1. The fourth-order valence-electron chi connectivity index (χ4n) is 9.21. The second-order valence-electron chi connectivity index (χ2n) is 13.3. The number of H-pyrrole nitrogens is 1. The standard InChI is InChI=1S/C29H48N4S/c1-18(2)7-6-8-19(3)23-11-12-24-22-10-9-20-17-21(34-27-31-26(30)32-33-27)13-15-28(20,4)25(22)14-16-29(23,24)5/h9,18-19,21-25H,6-8,10-17H2,1-5H3,(H3,30,31,32,33)/t19-,21+,22-,23-,24+,25+,28-,29-/m0/s1. The molecule has 1 heterocycles. The molecular formula is C29H48N4S. The SMILES string of the molecule is CC(C)CCC[C@H](C)[C@@H]1CC[C@@H]2[C@@H]3CC=C4C[C@H](Sc5n[nH]c(N)n5)CC[C@]4(C)[C@@H]3CC[C@]21C. The summed E-state index contributed by atoms with van der Waals surface area (Å²) in [5, 5.41) is 8.46. The van der Waals surface area contributed by atoms with E-state index in [1.54, 1.807) is 5.57 Å². The third-order valence-electron chi connectivity index (χ3n) is 11.0. The largest absolute Gasteiger partial charge is 0.368 e. The van der Waals surface area contributed by atoms with E-state index in [0.29, 0.717) is 22.0 Å². The lowest BCUT2D eigenvalue weighted by atomic mass is 9.47. The molecule has 4 aliphatic carbocycles. The molecule has 3 N–H and O–H groups in total. The maximum atomic E-state index is 5.75. The third kappa shape index (κ3) is 4.37. The summed E-state index contributed by atoms with van der Waals surface area (Å²) < 4.78 is 0. The van der Waals surface area contributed by atoms with E-state index in [2.05, 4.69) is 55.9 Å². The first-order valence-electron chi connectivity index (χ1n) is 14.2. The van der Waals surface area contributed by atoms with E-state index in [9.17, 15) is 0 Å². The molecule has 5 rings (SSSR count). The van der Waals surface area contributed by atoms with Crippen molar-refractivity contribution in [3.05, 3.63) is 11.6 Å². The molecule has 0 spiro atoms. The number of hydrogen-bond acceptors (Lipinski definition) is 4. The van der Waals surface area contributed by atoms with Crippen molar-refractivity contribution in [2.45, 2.75) is 116 Å². The lowest BCUT2D eigenvalue weighted by molar-refractivity contribution is -0.0497. The smallest absolute Gasteiger partial charge is 0.216 e. The summed E-state index contributed by atoms with van der Waals surface area (Å²) in [5.74, 6) is 5.88. The molecular weight excluding hydrogens is 436 g/mol. The summed E-state index contributed by atoms with van der Waals surface area (Å²) in [6, 6.07) is 0. The molecule has 0 aliphatic heterocycles. The predicted molar refractivity (Wildman–Crippen MR) is 143 cm³/mol. The zero-order chi connectivity index (χ0) is 24.1. The van der Waals surface area contributed by atoms with Crippen LogP contribution in [0.4, 0.5) is 5.95 Å². The van der Waals surface area contributed by atoms with Crippen molar-refractivity contribution < 1.29 is 0 Å². The minimum absolute atomic E-state index is 0.417. The fraction of sp³-hybridized carbons (Fsp3) is 0.862. The van der Waals surface area contributed by atoms with Crippen LogP contribution in [0.1, 0.15) is 105 Å². The molecule has 0 aromatic carbocycles. The number of nitrogens with one attached hydrogen (secondary N) is 1. The van der Waals surface area contributed by atoms with Gasteiger partial charge in [-0.15, -0.1) is 5.10 Å². The van der Waals surface area contributed by atoms with Crippen LogP contribution in [0, 0.1) is 46.3 Å². The first kappa shape index (κ1) is 24.7. The quantitative estimate of drug-likeness (QED) is 0.386. The van der Waals surface area contributed by atoms with Gasteiger partial charge in [-0.1, -0.05) is 77.3 Å². The number of rotatable bonds is 7. The topological polar surface area (TPSA) is 67.6 Å². The molecule has 0 unspecified atom stereocenters. The van der Waals surface area contributed by atoms with Gasteiger partial charge in [0.2, 0.25) is 11.1 Å². The summed E-state index contributed by atoms with van der Waals surface area (Å²) in [4.78, 5) is 4.34. The number of aromatic nitrogens is 3. The van der Waals surface area contributed by atoms with Crippen LogP contribution in [0.2, 0.25) is 0 Å².